The predicted octanol–water partition coefficient (Wildman–Crippen LogP) is 3.19. The maximum absolute atomic E-state index is 13.7. The number of carbonyl (C=O) groups is 1. The Kier molecular flexibility index (Phi) is 5.90. The van der Waals surface area contributed by atoms with Crippen molar-refractivity contribution < 1.29 is 23.5 Å². The molecular formula is C20H24N2O5S. The van der Waals surface area contributed by atoms with Gasteiger partial charge in [0.15, 0.2) is 0 Å². The highest BCUT2D eigenvalue weighted by Crippen LogP contribution is 2.43. The molecule has 1 aliphatic rings. The van der Waals surface area contributed by atoms with E-state index in [1.807, 2.05) is 0 Å². The second-order valence-corrected chi connectivity index (χ2v) is 8.88. The third kappa shape index (κ3) is 3.98. The maximum Gasteiger partial charge on any atom is 0.264 e. The van der Waals surface area contributed by atoms with Crippen LogP contribution in [0.5, 0.6) is 5.75 Å². The van der Waals surface area contributed by atoms with Gasteiger partial charge in [-0.15, -0.1) is 0 Å². The lowest BCUT2D eigenvalue weighted by Crippen LogP contribution is -2.55. The van der Waals surface area contributed by atoms with Gasteiger partial charge in [-0.3, -0.25) is 14.3 Å². The van der Waals surface area contributed by atoms with Crippen molar-refractivity contribution in [3.05, 3.63) is 54.6 Å². The van der Waals surface area contributed by atoms with Crippen LogP contribution in [0.2, 0.25) is 0 Å². The molecule has 0 atom stereocenters. The zero-order valence-corrected chi connectivity index (χ0v) is 16.2. The monoisotopic (exact) mass is 404 g/mol. The fraction of sp³-hybridized carbons (Fsp3) is 0.350. The van der Waals surface area contributed by atoms with Gasteiger partial charge in [-0.05, 0) is 49.2 Å². The molecule has 7 nitrogen and oxygen atoms in total. The van der Waals surface area contributed by atoms with Gasteiger partial charge >= 0.3 is 0 Å². The number of rotatable bonds is 6. The summed E-state index contributed by atoms with van der Waals surface area (Å²) in [5.41, 5.74) is 1.01. The molecule has 0 aromatic heterocycles. The van der Waals surface area contributed by atoms with Crippen molar-refractivity contribution in [2.45, 2.75) is 49.0 Å². The van der Waals surface area contributed by atoms with E-state index < -0.39 is 21.5 Å². The summed E-state index contributed by atoms with van der Waals surface area (Å²) >= 11 is 0. The molecular weight excluding hydrogens is 380 g/mol. The van der Waals surface area contributed by atoms with Crippen LogP contribution in [0.3, 0.4) is 0 Å². The number of phenolic OH excluding ortho intramolecular Hbond substituents is 1. The number of nitrogens with one attached hydrogen (secondary N) is 1. The molecule has 28 heavy (non-hydrogen) atoms. The average Bonchev–Trinajstić information content (AvgIpc) is 2.70. The van der Waals surface area contributed by atoms with Crippen LogP contribution >= 0.6 is 0 Å². The van der Waals surface area contributed by atoms with Crippen LogP contribution in [-0.4, -0.2) is 30.2 Å². The van der Waals surface area contributed by atoms with E-state index in [1.54, 1.807) is 23.7 Å². The minimum Gasteiger partial charge on any atom is -0.508 e. The molecule has 1 saturated carbocycles. The molecule has 0 aliphatic heterocycles. The molecule has 0 heterocycles. The molecule has 0 radical (unpaired) electrons. The van der Waals surface area contributed by atoms with Crippen molar-refractivity contribution >= 4 is 21.6 Å². The van der Waals surface area contributed by atoms with Crippen LogP contribution in [0.4, 0.5) is 5.69 Å². The Morgan fingerprint density at radius 2 is 1.61 bits per heavy atom. The number of hydrogen-bond donors (Lipinski definition) is 3. The largest absolute Gasteiger partial charge is 0.508 e. The molecule has 0 spiro atoms. The molecule has 3 rings (SSSR count). The van der Waals surface area contributed by atoms with E-state index in [2.05, 4.69) is 0 Å². The Balaban J connectivity index is 2.19. The molecule has 8 heteroatoms. The zero-order valence-electron chi connectivity index (χ0n) is 15.4. The van der Waals surface area contributed by atoms with Crippen molar-refractivity contribution in [2.75, 3.05) is 4.31 Å². The van der Waals surface area contributed by atoms with E-state index in [9.17, 15) is 18.3 Å². The van der Waals surface area contributed by atoms with Crippen LogP contribution in [0.15, 0.2) is 59.5 Å². The highest BCUT2D eigenvalue weighted by Gasteiger charge is 2.46. The summed E-state index contributed by atoms with van der Waals surface area (Å²) in [6.07, 6.45) is 3.34. The second-order valence-electron chi connectivity index (χ2n) is 7.10. The Labute approximate surface area is 164 Å². The standard InChI is InChI=1S/C20H24N2O5S/c23-17-11-9-16(10-12-17)22(28(26,27)18-7-3-1-4-8-18)20(15-19(24)21-25)13-5-2-6-14-20/h1,3-4,7-12,23,25H,2,5-6,13-15H2,(H,21,24). The number of anilines is 1. The summed E-state index contributed by atoms with van der Waals surface area (Å²) in [6, 6.07) is 14.0. The first kappa shape index (κ1) is 20.2. The Morgan fingerprint density at radius 1 is 1.00 bits per heavy atom. The van der Waals surface area contributed by atoms with Gasteiger partial charge in [-0.1, -0.05) is 37.5 Å². The number of phenols is 1. The van der Waals surface area contributed by atoms with Gasteiger partial charge < -0.3 is 5.11 Å². The first-order valence-corrected chi connectivity index (χ1v) is 10.7. The summed E-state index contributed by atoms with van der Waals surface area (Å²) in [5, 5.41) is 18.7. The highest BCUT2D eigenvalue weighted by atomic mass is 32.2. The number of benzene rings is 2. The minimum atomic E-state index is -3.99. The van der Waals surface area contributed by atoms with Crippen molar-refractivity contribution in [1.82, 2.24) is 5.48 Å². The first-order chi connectivity index (χ1) is 13.4. The van der Waals surface area contributed by atoms with Crippen LogP contribution in [-0.2, 0) is 14.8 Å². The lowest BCUT2D eigenvalue weighted by atomic mass is 9.78. The predicted molar refractivity (Wildman–Crippen MR) is 105 cm³/mol. The SMILES string of the molecule is O=C(CC1(N(c2ccc(O)cc2)S(=O)(=O)c2ccccc2)CCCCC1)NO. The Bertz CT molecular complexity index is 907. The van der Waals surface area contributed by atoms with Crippen LogP contribution in [0.1, 0.15) is 38.5 Å². The second kappa shape index (κ2) is 8.20. The topological polar surface area (TPSA) is 107 Å². The van der Waals surface area contributed by atoms with Crippen molar-refractivity contribution in [3.8, 4) is 5.75 Å². The van der Waals surface area contributed by atoms with Gasteiger partial charge in [-0.2, -0.15) is 0 Å². The third-order valence-electron chi connectivity index (χ3n) is 5.20. The zero-order chi connectivity index (χ0) is 20.2. The fourth-order valence-electron chi connectivity index (χ4n) is 3.95. The lowest BCUT2D eigenvalue weighted by Gasteiger charge is -2.46. The van der Waals surface area contributed by atoms with E-state index in [1.165, 1.54) is 40.7 Å². The summed E-state index contributed by atoms with van der Waals surface area (Å²) < 4.78 is 28.6. The average molecular weight is 404 g/mol. The first-order valence-electron chi connectivity index (χ1n) is 9.21. The minimum absolute atomic E-state index is 0.0200. The molecule has 150 valence electrons. The van der Waals surface area contributed by atoms with Crippen LogP contribution in [0, 0.1) is 0 Å². The van der Waals surface area contributed by atoms with Crippen LogP contribution in [0.25, 0.3) is 0 Å². The van der Waals surface area contributed by atoms with Crippen molar-refractivity contribution in [2.24, 2.45) is 0 Å². The normalized spacial score (nSPS) is 16.3. The quantitative estimate of drug-likeness (QED) is 0.506. The molecule has 3 N–H and O–H groups in total. The molecule has 0 bridgehead atoms. The highest BCUT2D eigenvalue weighted by molar-refractivity contribution is 7.93. The van der Waals surface area contributed by atoms with E-state index in [4.69, 9.17) is 5.21 Å². The third-order valence-corrected chi connectivity index (χ3v) is 7.14. The number of aromatic hydroxyl groups is 1. The number of hydroxylamine groups is 1. The molecule has 1 fully saturated rings. The molecule has 0 unspecified atom stereocenters. The van der Waals surface area contributed by atoms with Gasteiger partial charge in [0.25, 0.3) is 10.0 Å². The van der Waals surface area contributed by atoms with Crippen molar-refractivity contribution in [1.29, 1.82) is 0 Å². The molecule has 2 aromatic carbocycles. The fourth-order valence-corrected chi connectivity index (χ4v) is 5.82. The Hall–Kier alpha value is -2.58. The smallest absolute Gasteiger partial charge is 0.264 e. The molecule has 1 aliphatic carbocycles. The van der Waals surface area contributed by atoms with Gasteiger partial charge in [0, 0.05) is 0 Å². The summed E-state index contributed by atoms with van der Waals surface area (Å²) in [4.78, 5) is 12.2. The number of hydrogen-bond acceptors (Lipinski definition) is 5. The van der Waals surface area contributed by atoms with Gasteiger partial charge in [0.05, 0.1) is 22.5 Å². The summed E-state index contributed by atoms with van der Waals surface area (Å²) in [5.74, 6) is -0.611. The van der Waals surface area contributed by atoms with Gasteiger partial charge in [0.1, 0.15) is 5.75 Å². The Morgan fingerprint density at radius 3 is 2.18 bits per heavy atom. The summed E-state index contributed by atoms with van der Waals surface area (Å²) in [7, 11) is -3.99. The number of nitrogens with zero attached hydrogens (tertiary/aromatic N) is 1. The molecule has 0 saturated heterocycles. The maximum atomic E-state index is 13.7. The molecule has 2 aromatic rings. The van der Waals surface area contributed by atoms with Gasteiger partial charge in [-0.25, -0.2) is 13.9 Å². The van der Waals surface area contributed by atoms with E-state index in [0.717, 1.165) is 19.3 Å². The number of carbonyl (C=O) groups excluding carboxylic acids is 1. The number of amides is 1. The van der Waals surface area contributed by atoms with Crippen molar-refractivity contribution in [3.63, 3.8) is 0 Å². The van der Waals surface area contributed by atoms with Gasteiger partial charge in [0.2, 0.25) is 5.91 Å². The molecule has 1 amide bonds. The lowest BCUT2D eigenvalue weighted by molar-refractivity contribution is -0.130. The van der Waals surface area contributed by atoms with E-state index in [0.29, 0.717) is 18.5 Å². The van der Waals surface area contributed by atoms with Crippen LogP contribution < -0.4 is 9.79 Å². The van der Waals surface area contributed by atoms with E-state index in [-0.39, 0.29) is 17.1 Å². The summed E-state index contributed by atoms with van der Waals surface area (Å²) in [6.45, 7) is 0. The van der Waals surface area contributed by atoms with E-state index >= 15 is 0 Å². The number of sulfonamides is 1.